The Kier molecular flexibility index (Phi) is 4.88. The molecule has 0 atom stereocenters. The Morgan fingerprint density at radius 2 is 1.71 bits per heavy atom. The predicted octanol–water partition coefficient (Wildman–Crippen LogP) is 4.73. The second-order valence-corrected chi connectivity index (χ2v) is 6.90. The molecule has 1 amide bonds. The fourth-order valence-corrected chi connectivity index (χ4v) is 2.65. The average Bonchev–Trinajstić information content (AvgIpc) is 2.81. The first-order chi connectivity index (χ1) is 10.9. The first-order valence-corrected chi connectivity index (χ1v) is 7.59. The van der Waals surface area contributed by atoms with Gasteiger partial charge in [-0.1, -0.05) is 29.3 Å². The monoisotopic (exact) mass is 379 g/mol. The number of carbonyl (C=O) groups excluding carboxylic acids is 1. The maximum atomic E-state index is 13.6. The minimum Gasteiger partial charge on any atom is -0.346 e. The van der Waals surface area contributed by atoms with E-state index in [4.69, 9.17) is 23.2 Å². The second kappa shape index (κ2) is 6.29. The highest BCUT2D eigenvalue weighted by Gasteiger charge is 2.41. The highest BCUT2D eigenvalue weighted by Crippen LogP contribution is 2.37. The van der Waals surface area contributed by atoms with E-state index >= 15 is 0 Å². The number of halogens is 5. The SMILES string of the molecule is CC(C)(C)NC(=O)c1ncn(-c2c(Cl)cccc2Cl)c1C(F)(F)F. The molecule has 9 heteroatoms. The summed E-state index contributed by atoms with van der Waals surface area (Å²) in [5.41, 5.74) is -2.78. The summed E-state index contributed by atoms with van der Waals surface area (Å²) < 4.78 is 41.4. The number of hydrogen-bond acceptors (Lipinski definition) is 2. The number of amides is 1. The molecule has 0 unspecified atom stereocenters. The van der Waals surface area contributed by atoms with Crippen LogP contribution in [0, 0.1) is 0 Å². The van der Waals surface area contributed by atoms with Gasteiger partial charge in [-0.3, -0.25) is 9.36 Å². The van der Waals surface area contributed by atoms with Crippen LogP contribution in [-0.4, -0.2) is 21.0 Å². The number of benzene rings is 1. The van der Waals surface area contributed by atoms with Crippen LogP contribution < -0.4 is 5.32 Å². The van der Waals surface area contributed by atoms with Crippen molar-refractivity contribution in [2.75, 3.05) is 0 Å². The molecule has 24 heavy (non-hydrogen) atoms. The number of rotatable bonds is 2. The van der Waals surface area contributed by atoms with Gasteiger partial charge in [0.05, 0.1) is 15.7 Å². The van der Waals surface area contributed by atoms with Crippen LogP contribution in [-0.2, 0) is 6.18 Å². The van der Waals surface area contributed by atoms with E-state index in [1.807, 2.05) is 0 Å². The van der Waals surface area contributed by atoms with Gasteiger partial charge in [0.15, 0.2) is 11.4 Å². The van der Waals surface area contributed by atoms with Gasteiger partial charge < -0.3 is 5.32 Å². The average molecular weight is 380 g/mol. The van der Waals surface area contributed by atoms with Gasteiger partial charge in [0.2, 0.25) is 0 Å². The van der Waals surface area contributed by atoms with Crippen LogP contribution >= 0.6 is 23.2 Å². The second-order valence-electron chi connectivity index (χ2n) is 6.08. The largest absolute Gasteiger partial charge is 0.434 e. The molecule has 0 aliphatic heterocycles. The molecule has 0 aliphatic rings. The van der Waals surface area contributed by atoms with E-state index in [-0.39, 0.29) is 15.7 Å². The Balaban J connectivity index is 2.66. The van der Waals surface area contributed by atoms with Gasteiger partial charge in [-0.2, -0.15) is 13.2 Å². The summed E-state index contributed by atoms with van der Waals surface area (Å²) in [5.74, 6) is -0.934. The van der Waals surface area contributed by atoms with Gasteiger partial charge in [0.1, 0.15) is 6.33 Å². The molecule has 2 rings (SSSR count). The molecule has 130 valence electrons. The Bertz CT molecular complexity index is 759. The highest BCUT2D eigenvalue weighted by molar-refractivity contribution is 6.37. The fraction of sp³-hybridized carbons (Fsp3) is 0.333. The molecular formula is C15H14Cl2F3N3O. The zero-order valence-electron chi connectivity index (χ0n) is 13.0. The Hall–Kier alpha value is -1.73. The van der Waals surface area contributed by atoms with Crippen LogP contribution in [0.25, 0.3) is 5.69 Å². The Morgan fingerprint density at radius 1 is 1.17 bits per heavy atom. The highest BCUT2D eigenvalue weighted by atomic mass is 35.5. The number of nitrogens with one attached hydrogen (secondary N) is 1. The molecule has 0 fully saturated rings. The maximum absolute atomic E-state index is 13.6. The van der Waals surface area contributed by atoms with Gasteiger partial charge in [0.25, 0.3) is 5.91 Å². The summed E-state index contributed by atoms with van der Waals surface area (Å²) >= 11 is 12.0. The quantitative estimate of drug-likeness (QED) is 0.819. The van der Waals surface area contributed by atoms with Crippen LogP contribution in [0.2, 0.25) is 10.0 Å². The van der Waals surface area contributed by atoms with Crippen molar-refractivity contribution >= 4 is 29.1 Å². The number of hydrogen-bond donors (Lipinski definition) is 1. The first kappa shape index (κ1) is 18.6. The Morgan fingerprint density at radius 3 is 2.17 bits per heavy atom. The lowest BCUT2D eigenvalue weighted by atomic mass is 10.1. The number of carbonyl (C=O) groups is 1. The van der Waals surface area contributed by atoms with E-state index in [1.54, 1.807) is 20.8 Å². The lowest BCUT2D eigenvalue weighted by Crippen LogP contribution is -2.41. The van der Waals surface area contributed by atoms with Crippen LogP contribution in [0.1, 0.15) is 37.0 Å². The van der Waals surface area contributed by atoms with E-state index in [9.17, 15) is 18.0 Å². The van der Waals surface area contributed by atoms with E-state index in [1.165, 1.54) is 18.2 Å². The topological polar surface area (TPSA) is 46.9 Å². The van der Waals surface area contributed by atoms with Crippen LogP contribution in [0.3, 0.4) is 0 Å². The molecule has 0 radical (unpaired) electrons. The normalized spacial score (nSPS) is 12.3. The molecular weight excluding hydrogens is 366 g/mol. The molecule has 1 heterocycles. The molecule has 0 saturated heterocycles. The summed E-state index contributed by atoms with van der Waals surface area (Å²) in [7, 11) is 0. The smallest absolute Gasteiger partial charge is 0.346 e. The molecule has 0 saturated carbocycles. The fourth-order valence-electron chi connectivity index (χ4n) is 2.07. The number of imidazole rings is 1. The minimum absolute atomic E-state index is 0.00757. The third-order valence-electron chi connectivity index (χ3n) is 2.92. The van der Waals surface area contributed by atoms with Crippen LogP contribution in [0.15, 0.2) is 24.5 Å². The van der Waals surface area contributed by atoms with Crippen molar-refractivity contribution in [2.24, 2.45) is 0 Å². The van der Waals surface area contributed by atoms with Crippen molar-refractivity contribution in [1.29, 1.82) is 0 Å². The van der Waals surface area contributed by atoms with Gasteiger partial charge in [-0.05, 0) is 32.9 Å². The van der Waals surface area contributed by atoms with Gasteiger partial charge in [0, 0.05) is 5.54 Å². The standard InChI is InChI=1S/C15H14Cl2F3N3O/c1-14(2,3)22-13(24)10-12(15(18,19)20)23(7-21-10)11-8(16)5-4-6-9(11)17/h4-7H,1-3H3,(H,22,24). The third-order valence-corrected chi connectivity index (χ3v) is 3.53. The zero-order valence-corrected chi connectivity index (χ0v) is 14.5. The van der Waals surface area contributed by atoms with Crippen LogP contribution in [0.5, 0.6) is 0 Å². The van der Waals surface area contributed by atoms with E-state index in [2.05, 4.69) is 10.3 Å². The summed E-state index contributed by atoms with van der Waals surface area (Å²) in [6, 6.07) is 4.31. The number of nitrogens with zero attached hydrogens (tertiary/aromatic N) is 2. The molecule has 1 aromatic carbocycles. The Labute approximate surface area is 146 Å². The van der Waals surface area contributed by atoms with Crippen molar-refractivity contribution in [1.82, 2.24) is 14.9 Å². The van der Waals surface area contributed by atoms with Crippen molar-refractivity contribution in [3.05, 3.63) is 46.0 Å². The minimum atomic E-state index is -4.83. The van der Waals surface area contributed by atoms with E-state index in [0.717, 1.165) is 6.33 Å². The summed E-state index contributed by atoms with van der Waals surface area (Å²) in [6.45, 7) is 4.96. The molecule has 2 aromatic rings. The molecule has 0 spiro atoms. The van der Waals surface area contributed by atoms with Crippen molar-refractivity contribution in [3.63, 3.8) is 0 Å². The third kappa shape index (κ3) is 3.84. The lowest BCUT2D eigenvalue weighted by Gasteiger charge is -2.21. The molecule has 1 aromatic heterocycles. The first-order valence-electron chi connectivity index (χ1n) is 6.83. The van der Waals surface area contributed by atoms with E-state index in [0.29, 0.717) is 4.57 Å². The number of aromatic nitrogens is 2. The zero-order chi connectivity index (χ0) is 18.3. The predicted molar refractivity (Wildman–Crippen MR) is 85.8 cm³/mol. The summed E-state index contributed by atoms with van der Waals surface area (Å²) in [5, 5.41) is 2.48. The summed E-state index contributed by atoms with van der Waals surface area (Å²) in [6.07, 6.45) is -3.95. The molecule has 0 bridgehead atoms. The number of para-hydroxylation sites is 1. The van der Waals surface area contributed by atoms with Crippen LogP contribution in [0.4, 0.5) is 13.2 Å². The van der Waals surface area contributed by atoms with Crippen molar-refractivity contribution < 1.29 is 18.0 Å². The maximum Gasteiger partial charge on any atom is 0.434 e. The van der Waals surface area contributed by atoms with Gasteiger partial charge in [-0.15, -0.1) is 0 Å². The summed E-state index contributed by atoms with van der Waals surface area (Å²) in [4.78, 5) is 15.8. The number of alkyl halides is 3. The van der Waals surface area contributed by atoms with E-state index < -0.39 is 29.0 Å². The molecule has 1 N–H and O–H groups in total. The van der Waals surface area contributed by atoms with Crippen molar-refractivity contribution in [3.8, 4) is 5.69 Å². The lowest BCUT2D eigenvalue weighted by molar-refractivity contribution is -0.142. The molecule has 0 aliphatic carbocycles. The van der Waals surface area contributed by atoms with Gasteiger partial charge >= 0.3 is 6.18 Å². The van der Waals surface area contributed by atoms with Gasteiger partial charge in [-0.25, -0.2) is 4.98 Å². The molecule has 4 nitrogen and oxygen atoms in total. The van der Waals surface area contributed by atoms with Crippen molar-refractivity contribution in [2.45, 2.75) is 32.5 Å².